The largest absolute Gasteiger partial charge is 0.496 e. The zero-order chi connectivity index (χ0) is 32.0. The van der Waals surface area contributed by atoms with Gasteiger partial charge in [-0.05, 0) is 63.6 Å². The molecule has 3 aromatic rings. The summed E-state index contributed by atoms with van der Waals surface area (Å²) < 4.78 is 10.7. The second kappa shape index (κ2) is 14.7. The molecule has 1 amide bonds. The van der Waals surface area contributed by atoms with Crippen molar-refractivity contribution in [2.75, 3.05) is 13.7 Å². The Morgan fingerprint density at radius 1 is 1.16 bits per heavy atom. The summed E-state index contributed by atoms with van der Waals surface area (Å²) in [5, 5.41) is 4.32. The number of carbonyl (C=O) groups excluding carboxylic acids is 5. The molecular weight excluding hydrogens is 582 g/mol. The number of aryl methyl sites for hydroxylation is 2. The number of Topliss-reactive ketones (excluding diaryl/α,β-unsaturated/α-hetero) is 3. The van der Waals surface area contributed by atoms with Gasteiger partial charge >= 0.3 is 5.97 Å². The van der Waals surface area contributed by atoms with Gasteiger partial charge in [0.25, 0.3) is 0 Å². The highest BCUT2D eigenvalue weighted by Gasteiger charge is 2.33. The Morgan fingerprint density at radius 2 is 1.93 bits per heavy atom. The van der Waals surface area contributed by atoms with Crippen molar-refractivity contribution in [2.24, 2.45) is 17.8 Å². The minimum atomic E-state index is -1.03. The first-order chi connectivity index (χ1) is 21.0. The molecule has 2 aromatic heterocycles. The van der Waals surface area contributed by atoms with Crippen molar-refractivity contribution in [3.8, 4) is 5.75 Å². The van der Waals surface area contributed by atoms with Crippen LogP contribution in [0.2, 0.25) is 0 Å². The van der Waals surface area contributed by atoms with Gasteiger partial charge in [0.2, 0.25) is 5.91 Å². The number of aromatic nitrogens is 2. The summed E-state index contributed by atoms with van der Waals surface area (Å²) in [4.78, 5) is 73.6. The van der Waals surface area contributed by atoms with E-state index in [0.29, 0.717) is 46.3 Å². The molecule has 11 heteroatoms. The highest BCUT2D eigenvalue weighted by Crippen LogP contribution is 2.29. The molecule has 1 aliphatic rings. The molecule has 3 atom stereocenters. The number of fused-ring (bicyclic) bond motifs is 1. The number of esters is 1. The maximum atomic E-state index is 13.7. The molecule has 1 aliphatic carbocycles. The van der Waals surface area contributed by atoms with Gasteiger partial charge in [0.05, 0.1) is 29.5 Å². The number of amides is 1. The molecule has 0 saturated heterocycles. The van der Waals surface area contributed by atoms with Gasteiger partial charge < -0.3 is 19.8 Å². The van der Waals surface area contributed by atoms with E-state index in [4.69, 9.17) is 9.47 Å². The number of methoxy groups -OCH3 is 1. The second-order valence-corrected chi connectivity index (χ2v) is 13.2. The van der Waals surface area contributed by atoms with Crippen LogP contribution in [0.1, 0.15) is 89.7 Å². The fourth-order valence-electron chi connectivity index (χ4n) is 5.81. The number of ketones is 3. The normalized spacial score (nSPS) is 16.5. The van der Waals surface area contributed by atoms with Gasteiger partial charge in [-0.1, -0.05) is 26.3 Å². The SMILES string of the molecule is COc1cccc2[nH]c(C(=O)C[C@@H](CC(C)C)C(=O)N[C@@H](C[C@@H]3CCCCC3=O)C(=O)COC(=O)c3sc(C)nc3C)cc12. The Balaban J connectivity index is 1.50. The first-order valence-corrected chi connectivity index (χ1v) is 15.9. The van der Waals surface area contributed by atoms with E-state index in [2.05, 4.69) is 15.3 Å². The van der Waals surface area contributed by atoms with Crippen LogP contribution in [-0.2, 0) is 19.1 Å². The number of nitrogens with zero attached hydrogens (tertiary/aromatic N) is 1. The Morgan fingerprint density at radius 3 is 2.59 bits per heavy atom. The highest BCUT2D eigenvalue weighted by molar-refractivity contribution is 7.13. The van der Waals surface area contributed by atoms with E-state index in [1.54, 1.807) is 27.0 Å². The van der Waals surface area contributed by atoms with Crippen molar-refractivity contribution in [1.82, 2.24) is 15.3 Å². The smallest absolute Gasteiger partial charge is 0.350 e. The van der Waals surface area contributed by atoms with Crippen LogP contribution in [0.4, 0.5) is 0 Å². The molecule has 236 valence electrons. The molecule has 0 radical (unpaired) electrons. The van der Waals surface area contributed by atoms with Crippen molar-refractivity contribution in [3.05, 3.63) is 45.5 Å². The van der Waals surface area contributed by atoms with Crippen LogP contribution in [0.25, 0.3) is 10.9 Å². The van der Waals surface area contributed by atoms with Gasteiger partial charge in [0, 0.05) is 35.6 Å². The predicted octanol–water partition coefficient (Wildman–Crippen LogP) is 5.55. The average molecular weight is 624 g/mol. The van der Waals surface area contributed by atoms with Crippen molar-refractivity contribution < 1.29 is 33.4 Å². The lowest BCUT2D eigenvalue weighted by Gasteiger charge is -2.27. The van der Waals surface area contributed by atoms with Crippen molar-refractivity contribution in [3.63, 3.8) is 0 Å². The van der Waals surface area contributed by atoms with Crippen LogP contribution >= 0.6 is 11.3 Å². The Labute approximate surface area is 261 Å². The van der Waals surface area contributed by atoms with Gasteiger partial charge in [0.15, 0.2) is 18.2 Å². The van der Waals surface area contributed by atoms with Gasteiger partial charge in [-0.2, -0.15) is 0 Å². The minimum absolute atomic E-state index is 0.0680. The van der Waals surface area contributed by atoms with E-state index in [1.165, 1.54) is 11.3 Å². The molecular formula is C33H41N3O7S. The summed E-state index contributed by atoms with van der Waals surface area (Å²) in [5.74, 6) is -2.11. The van der Waals surface area contributed by atoms with Gasteiger partial charge in [-0.3, -0.25) is 19.2 Å². The second-order valence-electron chi connectivity index (χ2n) is 12.0. The lowest BCUT2D eigenvalue weighted by molar-refractivity contribution is -0.133. The number of hydrogen-bond donors (Lipinski definition) is 2. The molecule has 4 rings (SSSR count). The average Bonchev–Trinajstić information content (AvgIpc) is 3.58. The quantitative estimate of drug-likeness (QED) is 0.176. The van der Waals surface area contributed by atoms with Crippen LogP contribution in [0, 0.1) is 31.6 Å². The van der Waals surface area contributed by atoms with Gasteiger partial charge in [-0.25, -0.2) is 9.78 Å². The van der Waals surface area contributed by atoms with E-state index in [1.807, 2.05) is 32.0 Å². The number of nitrogens with one attached hydrogen (secondary N) is 2. The van der Waals surface area contributed by atoms with Crippen molar-refractivity contribution >= 4 is 51.5 Å². The minimum Gasteiger partial charge on any atom is -0.496 e. The maximum absolute atomic E-state index is 13.7. The number of H-pyrrole nitrogens is 1. The number of aromatic amines is 1. The third kappa shape index (κ3) is 8.19. The van der Waals surface area contributed by atoms with Crippen molar-refractivity contribution in [1.29, 1.82) is 0 Å². The summed E-state index contributed by atoms with van der Waals surface area (Å²) in [6.45, 7) is 6.85. The van der Waals surface area contributed by atoms with Gasteiger partial charge in [0.1, 0.15) is 16.4 Å². The van der Waals surface area contributed by atoms with Crippen LogP contribution in [0.5, 0.6) is 5.75 Å². The summed E-state index contributed by atoms with van der Waals surface area (Å²) in [6, 6.07) is 6.17. The van der Waals surface area contributed by atoms with E-state index in [-0.39, 0.29) is 36.2 Å². The van der Waals surface area contributed by atoms with Crippen LogP contribution < -0.4 is 10.1 Å². The first kappa shape index (κ1) is 33.0. The molecule has 1 fully saturated rings. The molecule has 10 nitrogen and oxygen atoms in total. The van der Waals surface area contributed by atoms with Gasteiger partial charge in [-0.15, -0.1) is 11.3 Å². The topological polar surface area (TPSA) is 145 Å². The molecule has 0 aliphatic heterocycles. The molecule has 0 bridgehead atoms. The lowest BCUT2D eigenvalue weighted by atomic mass is 9.82. The number of hydrogen-bond acceptors (Lipinski definition) is 9. The Hall–Kier alpha value is -3.86. The molecule has 44 heavy (non-hydrogen) atoms. The molecule has 0 spiro atoms. The highest BCUT2D eigenvalue weighted by atomic mass is 32.1. The molecule has 0 unspecified atom stereocenters. The van der Waals surface area contributed by atoms with Crippen LogP contribution in [0.3, 0.4) is 0 Å². The Bertz CT molecular complexity index is 1540. The van der Waals surface area contributed by atoms with E-state index < -0.39 is 36.2 Å². The predicted molar refractivity (Wildman–Crippen MR) is 167 cm³/mol. The van der Waals surface area contributed by atoms with Crippen molar-refractivity contribution in [2.45, 2.75) is 78.7 Å². The fraction of sp³-hybridized carbons (Fsp3) is 0.515. The third-order valence-electron chi connectivity index (χ3n) is 8.04. The zero-order valence-corrected chi connectivity index (χ0v) is 26.8. The summed E-state index contributed by atoms with van der Waals surface area (Å²) in [7, 11) is 1.56. The number of rotatable bonds is 14. The summed E-state index contributed by atoms with van der Waals surface area (Å²) in [6.07, 6.45) is 3.23. The number of carbonyl (C=O) groups is 5. The van der Waals surface area contributed by atoms with E-state index >= 15 is 0 Å². The monoisotopic (exact) mass is 623 g/mol. The number of ether oxygens (including phenoxy) is 2. The van der Waals surface area contributed by atoms with Crippen LogP contribution in [-0.4, -0.2) is 59.0 Å². The first-order valence-electron chi connectivity index (χ1n) is 15.1. The molecule has 1 aromatic carbocycles. The third-order valence-corrected chi connectivity index (χ3v) is 9.10. The zero-order valence-electron chi connectivity index (χ0n) is 26.0. The number of thiazole rings is 1. The molecule has 1 saturated carbocycles. The van der Waals surface area contributed by atoms with Crippen LogP contribution in [0.15, 0.2) is 24.3 Å². The standard InChI is InChI=1S/C33H41N3O7S/c1-18(2)13-22(15-28(38)26-16-23-24(35-26)10-8-12-30(23)42-5)32(40)36-25(14-21-9-6-7-11-27(21)37)29(39)17-43-33(41)31-19(3)34-20(4)44-31/h8,10,12,16,18,21-22,25,35H,6-7,9,11,13-15,17H2,1-5H3,(H,36,40)/t21-,22+,25-/m0/s1. The van der Waals surface area contributed by atoms with E-state index in [0.717, 1.165) is 23.7 Å². The number of benzene rings is 1. The molecule has 2 heterocycles. The summed E-state index contributed by atoms with van der Waals surface area (Å²) >= 11 is 1.19. The van der Waals surface area contributed by atoms with E-state index in [9.17, 15) is 24.0 Å². The summed E-state index contributed by atoms with van der Waals surface area (Å²) in [5.41, 5.74) is 1.64. The maximum Gasteiger partial charge on any atom is 0.350 e. The lowest BCUT2D eigenvalue weighted by Crippen LogP contribution is -2.47. The fourth-order valence-corrected chi connectivity index (χ4v) is 6.63. The Kier molecular flexibility index (Phi) is 11.1. The molecule has 2 N–H and O–H groups in total.